The molecule has 1 aliphatic carbocycles. The Labute approximate surface area is 86.4 Å². The standard InChI is InChI=1S/C12H20N2/c1-11(2)6-7-12(3,9-13)5-4-10(14)8-11/h4-7,14H,8-9,13H2,1-3H3. The van der Waals surface area contributed by atoms with Crippen molar-refractivity contribution in [1.82, 2.24) is 0 Å². The van der Waals surface area contributed by atoms with Gasteiger partial charge in [-0.3, -0.25) is 0 Å². The molecule has 0 saturated carbocycles. The SMILES string of the molecule is CC1(C)C=CC(C)(CN)C=CC(=N)C1. The lowest BCUT2D eigenvalue weighted by atomic mass is 9.79. The van der Waals surface area contributed by atoms with Gasteiger partial charge in [0.05, 0.1) is 0 Å². The Morgan fingerprint density at radius 3 is 2.50 bits per heavy atom. The zero-order valence-corrected chi connectivity index (χ0v) is 9.30. The molecule has 0 aromatic carbocycles. The molecular weight excluding hydrogens is 172 g/mol. The maximum absolute atomic E-state index is 7.77. The van der Waals surface area contributed by atoms with Crippen molar-refractivity contribution < 1.29 is 0 Å². The molecule has 1 aliphatic rings. The van der Waals surface area contributed by atoms with Crippen LogP contribution in [0, 0.1) is 16.2 Å². The Balaban J connectivity index is 3.00. The minimum Gasteiger partial charge on any atom is -0.329 e. The predicted octanol–water partition coefficient (Wildman–Crippen LogP) is 2.51. The fourth-order valence-corrected chi connectivity index (χ4v) is 1.51. The zero-order chi connectivity index (χ0) is 10.8. The molecule has 0 aromatic rings. The van der Waals surface area contributed by atoms with E-state index in [1.807, 2.05) is 12.2 Å². The van der Waals surface area contributed by atoms with Crippen LogP contribution in [0.3, 0.4) is 0 Å². The number of hydrogen-bond acceptors (Lipinski definition) is 2. The summed E-state index contributed by atoms with van der Waals surface area (Å²) in [5, 5.41) is 7.77. The van der Waals surface area contributed by atoms with Gasteiger partial charge in [-0.15, -0.1) is 0 Å². The van der Waals surface area contributed by atoms with Crippen molar-refractivity contribution >= 4 is 5.71 Å². The van der Waals surface area contributed by atoms with E-state index < -0.39 is 0 Å². The maximum atomic E-state index is 7.77. The van der Waals surface area contributed by atoms with Crippen LogP contribution < -0.4 is 5.73 Å². The highest BCUT2D eigenvalue weighted by molar-refractivity contribution is 5.93. The van der Waals surface area contributed by atoms with E-state index in [1.54, 1.807) is 0 Å². The smallest absolute Gasteiger partial charge is 0.0319 e. The Kier molecular flexibility index (Phi) is 2.95. The van der Waals surface area contributed by atoms with Crippen LogP contribution in [0.1, 0.15) is 27.2 Å². The van der Waals surface area contributed by atoms with Crippen molar-refractivity contribution in [3.63, 3.8) is 0 Å². The summed E-state index contributed by atoms with van der Waals surface area (Å²) in [5.41, 5.74) is 6.37. The summed E-state index contributed by atoms with van der Waals surface area (Å²) in [5.74, 6) is 0. The average Bonchev–Trinajstić information content (AvgIpc) is 2.10. The summed E-state index contributed by atoms with van der Waals surface area (Å²) in [4.78, 5) is 0. The highest BCUT2D eigenvalue weighted by Crippen LogP contribution is 2.29. The Hall–Kier alpha value is -0.890. The summed E-state index contributed by atoms with van der Waals surface area (Å²) < 4.78 is 0. The van der Waals surface area contributed by atoms with E-state index in [2.05, 4.69) is 32.9 Å². The molecular formula is C12H20N2. The lowest BCUT2D eigenvalue weighted by molar-refractivity contribution is 0.480. The molecule has 2 heteroatoms. The van der Waals surface area contributed by atoms with Gasteiger partial charge < -0.3 is 11.1 Å². The van der Waals surface area contributed by atoms with Gasteiger partial charge in [0, 0.05) is 17.7 Å². The summed E-state index contributed by atoms with van der Waals surface area (Å²) in [7, 11) is 0. The highest BCUT2D eigenvalue weighted by atomic mass is 14.6. The predicted molar refractivity (Wildman–Crippen MR) is 61.6 cm³/mol. The van der Waals surface area contributed by atoms with Crippen molar-refractivity contribution in [2.75, 3.05) is 6.54 Å². The molecule has 0 radical (unpaired) electrons. The van der Waals surface area contributed by atoms with Crippen LogP contribution in [0.15, 0.2) is 24.3 Å². The molecule has 0 aromatic heterocycles. The van der Waals surface area contributed by atoms with Gasteiger partial charge in [-0.25, -0.2) is 0 Å². The fourth-order valence-electron chi connectivity index (χ4n) is 1.51. The van der Waals surface area contributed by atoms with E-state index in [9.17, 15) is 0 Å². The summed E-state index contributed by atoms with van der Waals surface area (Å²) in [6, 6.07) is 0. The van der Waals surface area contributed by atoms with Crippen molar-refractivity contribution in [1.29, 1.82) is 5.41 Å². The third-order valence-electron chi connectivity index (χ3n) is 2.67. The van der Waals surface area contributed by atoms with Crippen LogP contribution >= 0.6 is 0 Å². The first-order valence-electron chi connectivity index (χ1n) is 5.04. The Morgan fingerprint density at radius 2 is 1.93 bits per heavy atom. The van der Waals surface area contributed by atoms with Gasteiger partial charge in [0.1, 0.15) is 0 Å². The molecule has 0 fully saturated rings. The van der Waals surface area contributed by atoms with E-state index in [-0.39, 0.29) is 10.8 Å². The molecule has 1 unspecified atom stereocenters. The maximum Gasteiger partial charge on any atom is 0.0319 e. The van der Waals surface area contributed by atoms with Crippen LogP contribution in [0.25, 0.3) is 0 Å². The molecule has 78 valence electrons. The number of nitrogens with one attached hydrogen (secondary N) is 1. The molecule has 0 spiro atoms. The number of hydrogen-bond donors (Lipinski definition) is 2. The number of rotatable bonds is 1. The fraction of sp³-hybridized carbons (Fsp3) is 0.583. The van der Waals surface area contributed by atoms with Gasteiger partial charge >= 0.3 is 0 Å². The minimum absolute atomic E-state index is 0.0677. The number of allylic oxidation sites excluding steroid dienone is 2. The summed E-state index contributed by atoms with van der Waals surface area (Å²) >= 11 is 0. The van der Waals surface area contributed by atoms with E-state index in [0.29, 0.717) is 12.3 Å². The molecule has 0 heterocycles. The highest BCUT2D eigenvalue weighted by Gasteiger charge is 2.22. The molecule has 0 amide bonds. The van der Waals surface area contributed by atoms with E-state index in [4.69, 9.17) is 11.1 Å². The first-order valence-corrected chi connectivity index (χ1v) is 5.04. The second-order valence-corrected chi connectivity index (χ2v) is 5.07. The third-order valence-corrected chi connectivity index (χ3v) is 2.67. The molecule has 1 atom stereocenters. The molecule has 1 rings (SSSR count). The summed E-state index contributed by atoms with van der Waals surface area (Å²) in [6.45, 7) is 6.97. The quantitative estimate of drug-likeness (QED) is 0.616. The number of nitrogens with two attached hydrogens (primary N) is 1. The second-order valence-electron chi connectivity index (χ2n) is 5.07. The monoisotopic (exact) mass is 192 g/mol. The van der Waals surface area contributed by atoms with Crippen LogP contribution in [-0.2, 0) is 0 Å². The van der Waals surface area contributed by atoms with Crippen molar-refractivity contribution in [2.45, 2.75) is 27.2 Å². The van der Waals surface area contributed by atoms with Gasteiger partial charge in [0.25, 0.3) is 0 Å². The first kappa shape index (κ1) is 11.2. The zero-order valence-electron chi connectivity index (χ0n) is 9.30. The Morgan fingerprint density at radius 1 is 1.29 bits per heavy atom. The van der Waals surface area contributed by atoms with Crippen LogP contribution in [0.2, 0.25) is 0 Å². The topological polar surface area (TPSA) is 49.9 Å². The van der Waals surface area contributed by atoms with E-state index in [0.717, 1.165) is 6.42 Å². The average molecular weight is 192 g/mol. The molecule has 0 bridgehead atoms. The van der Waals surface area contributed by atoms with Crippen molar-refractivity contribution in [3.05, 3.63) is 24.3 Å². The van der Waals surface area contributed by atoms with E-state index in [1.165, 1.54) is 0 Å². The third kappa shape index (κ3) is 2.81. The largest absolute Gasteiger partial charge is 0.329 e. The van der Waals surface area contributed by atoms with Crippen LogP contribution in [0.4, 0.5) is 0 Å². The lowest BCUT2D eigenvalue weighted by Gasteiger charge is -2.27. The first-order chi connectivity index (χ1) is 6.37. The minimum atomic E-state index is -0.0933. The molecule has 0 aliphatic heterocycles. The molecule has 2 nitrogen and oxygen atoms in total. The van der Waals surface area contributed by atoms with Gasteiger partial charge in [-0.05, 0) is 17.9 Å². The van der Waals surface area contributed by atoms with Crippen molar-refractivity contribution in [3.8, 4) is 0 Å². The molecule has 0 saturated heterocycles. The van der Waals surface area contributed by atoms with Crippen LogP contribution in [0.5, 0.6) is 0 Å². The Bertz CT molecular complexity index is 287. The summed E-state index contributed by atoms with van der Waals surface area (Å²) in [6.07, 6.45) is 9.05. The van der Waals surface area contributed by atoms with Crippen molar-refractivity contribution in [2.24, 2.45) is 16.6 Å². The van der Waals surface area contributed by atoms with Gasteiger partial charge in [0.15, 0.2) is 0 Å². The normalized spacial score (nSPS) is 31.3. The van der Waals surface area contributed by atoms with Crippen LogP contribution in [-0.4, -0.2) is 12.3 Å². The van der Waals surface area contributed by atoms with Gasteiger partial charge in [-0.1, -0.05) is 39.0 Å². The van der Waals surface area contributed by atoms with E-state index >= 15 is 0 Å². The molecule has 3 N–H and O–H groups in total. The second kappa shape index (κ2) is 3.70. The lowest BCUT2D eigenvalue weighted by Crippen LogP contribution is -2.25. The van der Waals surface area contributed by atoms with Gasteiger partial charge in [0.2, 0.25) is 0 Å². The van der Waals surface area contributed by atoms with Gasteiger partial charge in [-0.2, -0.15) is 0 Å². The molecule has 14 heavy (non-hydrogen) atoms.